The summed E-state index contributed by atoms with van der Waals surface area (Å²) in [7, 11) is 0. The van der Waals surface area contributed by atoms with Gasteiger partial charge in [-0.05, 0) is 56.9 Å². The summed E-state index contributed by atoms with van der Waals surface area (Å²) in [6, 6.07) is 10.4. The minimum absolute atomic E-state index is 0.0460. The second-order valence-corrected chi connectivity index (χ2v) is 12.5. The molecule has 5 N–H and O–H groups in total. The first-order chi connectivity index (χ1) is 20.5. The van der Waals surface area contributed by atoms with Crippen LogP contribution in [0.4, 0.5) is 0 Å². The molecule has 10 heteroatoms. The topological polar surface area (TPSA) is 147 Å². The van der Waals surface area contributed by atoms with Gasteiger partial charge < -0.3 is 49.2 Å². The number of rotatable bonds is 10. The van der Waals surface area contributed by atoms with E-state index in [2.05, 4.69) is 45.0 Å². The first-order valence-corrected chi connectivity index (χ1v) is 15.4. The lowest BCUT2D eigenvalue weighted by Gasteiger charge is -2.43. The van der Waals surface area contributed by atoms with Gasteiger partial charge in [-0.25, -0.2) is 0 Å². The zero-order chi connectivity index (χ0) is 30.9. The van der Waals surface area contributed by atoms with Crippen LogP contribution in [0.25, 0.3) is 11.1 Å². The largest absolute Gasteiger partial charge is 0.482 e. The van der Waals surface area contributed by atoms with Gasteiger partial charge in [0.25, 0.3) is 0 Å². The van der Waals surface area contributed by atoms with Crippen molar-refractivity contribution in [3.63, 3.8) is 0 Å². The van der Waals surface area contributed by atoms with Gasteiger partial charge in [-0.3, -0.25) is 0 Å². The SMILES string of the molecule is CCCCCc1cc(OC2CC(O)[C@H](O[C@@H]3CC(O)[C@H](O)C(CO)O3)C(CO)O2)c2c(c1)OC(C)(C)c1ccc(C)cc1-2. The van der Waals surface area contributed by atoms with Crippen LogP contribution >= 0.6 is 0 Å². The molecule has 0 bridgehead atoms. The Bertz CT molecular complexity index is 1250. The van der Waals surface area contributed by atoms with Crippen molar-refractivity contribution in [2.75, 3.05) is 13.2 Å². The summed E-state index contributed by atoms with van der Waals surface area (Å²) in [5.74, 6) is 1.31. The summed E-state index contributed by atoms with van der Waals surface area (Å²) in [4.78, 5) is 0. The number of unbranched alkanes of at least 4 members (excludes halogenated alkanes) is 2. The Labute approximate surface area is 253 Å². The monoisotopic (exact) mass is 602 g/mol. The van der Waals surface area contributed by atoms with Gasteiger partial charge in [0.1, 0.15) is 41.5 Å². The van der Waals surface area contributed by atoms with Crippen LogP contribution in [0.15, 0.2) is 30.3 Å². The second-order valence-electron chi connectivity index (χ2n) is 12.5. The smallest absolute Gasteiger partial charge is 0.202 e. The van der Waals surface area contributed by atoms with Crippen LogP contribution in [0.3, 0.4) is 0 Å². The van der Waals surface area contributed by atoms with Crippen LogP contribution in [0.5, 0.6) is 11.5 Å². The fourth-order valence-electron chi connectivity index (χ4n) is 6.31. The van der Waals surface area contributed by atoms with E-state index in [0.29, 0.717) is 5.75 Å². The molecule has 3 aliphatic rings. The molecule has 2 aromatic rings. The van der Waals surface area contributed by atoms with Gasteiger partial charge in [0.2, 0.25) is 6.29 Å². The highest BCUT2D eigenvalue weighted by atomic mass is 16.7. The highest BCUT2D eigenvalue weighted by Crippen LogP contribution is 2.50. The number of fused-ring (bicyclic) bond motifs is 3. The van der Waals surface area contributed by atoms with E-state index >= 15 is 0 Å². The quantitative estimate of drug-likeness (QED) is 0.257. The molecule has 10 nitrogen and oxygen atoms in total. The van der Waals surface area contributed by atoms with Crippen molar-refractivity contribution in [2.45, 2.75) is 121 Å². The molecule has 5 rings (SSSR count). The fraction of sp³-hybridized carbons (Fsp3) is 0.636. The number of benzene rings is 2. The Morgan fingerprint density at radius 2 is 1.63 bits per heavy atom. The van der Waals surface area contributed by atoms with Gasteiger partial charge in [0.15, 0.2) is 6.29 Å². The number of hydrogen-bond donors (Lipinski definition) is 5. The minimum atomic E-state index is -1.25. The van der Waals surface area contributed by atoms with Crippen molar-refractivity contribution < 1.29 is 49.2 Å². The highest BCUT2D eigenvalue weighted by Gasteiger charge is 2.45. The van der Waals surface area contributed by atoms with E-state index in [0.717, 1.165) is 59.3 Å². The minimum Gasteiger partial charge on any atom is -0.482 e. The normalized spacial score (nSPS) is 31.6. The van der Waals surface area contributed by atoms with Gasteiger partial charge in [-0.15, -0.1) is 0 Å². The lowest BCUT2D eigenvalue weighted by atomic mass is 9.84. The molecule has 0 amide bonds. The molecule has 0 saturated carbocycles. The van der Waals surface area contributed by atoms with Crippen LogP contribution in [-0.4, -0.2) is 88.0 Å². The summed E-state index contributed by atoms with van der Waals surface area (Å²) in [5.41, 5.74) is 4.54. The lowest BCUT2D eigenvalue weighted by Crippen LogP contribution is -2.56. The maximum atomic E-state index is 11.2. The van der Waals surface area contributed by atoms with E-state index < -0.39 is 68.0 Å². The molecule has 238 valence electrons. The molecular formula is C33H46O10. The molecule has 0 aromatic heterocycles. The summed E-state index contributed by atoms with van der Waals surface area (Å²) >= 11 is 0. The molecule has 3 heterocycles. The van der Waals surface area contributed by atoms with Crippen LogP contribution in [-0.2, 0) is 26.2 Å². The van der Waals surface area contributed by atoms with Crippen LogP contribution in [0.2, 0.25) is 0 Å². The maximum absolute atomic E-state index is 11.2. The zero-order valence-electron chi connectivity index (χ0n) is 25.4. The first kappa shape index (κ1) is 32.1. The lowest BCUT2D eigenvalue weighted by molar-refractivity contribution is -0.313. The third-order valence-corrected chi connectivity index (χ3v) is 8.62. The highest BCUT2D eigenvalue weighted by molar-refractivity contribution is 5.82. The second kappa shape index (κ2) is 13.4. The molecule has 2 saturated heterocycles. The average molecular weight is 603 g/mol. The summed E-state index contributed by atoms with van der Waals surface area (Å²) < 4.78 is 30.7. The van der Waals surface area contributed by atoms with Gasteiger partial charge in [-0.2, -0.15) is 0 Å². The Balaban J connectivity index is 1.40. The van der Waals surface area contributed by atoms with Gasteiger partial charge >= 0.3 is 0 Å². The predicted octanol–water partition coefficient (Wildman–Crippen LogP) is 3.08. The van der Waals surface area contributed by atoms with Crippen molar-refractivity contribution in [1.29, 1.82) is 0 Å². The van der Waals surface area contributed by atoms with Crippen molar-refractivity contribution in [2.24, 2.45) is 0 Å². The molecule has 43 heavy (non-hydrogen) atoms. The number of aryl methyl sites for hydroxylation is 2. The van der Waals surface area contributed by atoms with Gasteiger partial charge in [-0.1, -0.05) is 43.5 Å². The predicted molar refractivity (Wildman–Crippen MR) is 158 cm³/mol. The van der Waals surface area contributed by atoms with Crippen LogP contribution in [0.1, 0.15) is 69.6 Å². The van der Waals surface area contributed by atoms with Crippen LogP contribution in [0, 0.1) is 6.92 Å². The number of ether oxygens (including phenoxy) is 5. The third kappa shape index (κ3) is 6.87. The van der Waals surface area contributed by atoms with E-state index in [9.17, 15) is 25.5 Å². The van der Waals surface area contributed by atoms with Crippen molar-refractivity contribution in [3.8, 4) is 22.6 Å². The molecule has 0 spiro atoms. The Morgan fingerprint density at radius 1 is 0.907 bits per heavy atom. The van der Waals surface area contributed by atoms with Gasteiger partial charge in [0, 0.05) is 18.4 Å². The molecule has 2 aromatic carbocycles. The van der Waals surface area contributed by atoms with E-state index in [4.69, 9.17) is 23.7 Å². The molecular weight excluding hydrogens is 556 g/mol. The molecule has 2 fully saturated rings. The summed E-state index contributed by atoms with van der Waals surface area (Å²) in [5, 5.41) is 51.1. The maximum Gasteiger partial charge on any atom is 0.202 e. The molecule has 0 radical (unpaired) electrons. The van der Waals surface area contributed by atoms with E-state index in [1.807, 2.05) is 13.0 Å². The standard InChI is InChI=1S/C33H46O10/c1-5-6-7-8-19-12-24(30-20-11-18(2)9-10-21(20)33(3,4)43-25(30)13-19)39-28-15-23(37)32(27(17-35)41-28)42-29-14-22(36)31(38)26(16-34)40-29/h9-13,22-23,26-29,31-32,34-38H,5-8,14-17H2,1-4H3/t22?,23?,26?,27?,28?,29-,31+,32+/m1/s1. The van der Waals surface area contributed by atoms with Crippen molar-refractivity contribution >= 4 is 0 Å². The van der Waals surface area contributed by atoms with Crippen LogP contribution < -0.4 is 9.47 Å². The summed E-state index contributed by atoms with van der Waals surface area (Å²) in [6.45, 7) is 7.36. The van der Waals surface area contributed by atoms with E-state index in [1.54, 1.807) is 0 Å². The molecule has 0 aliphatic carbocycles. The zero-order valence-corrected chi connectivity index (χ0v) is 25.4. The Morgan fingerprint density at radius 3 is 2.35 bits per heavy atom. The van der Waals surface area contributed by atoms with Crippen molar-refractivity contribution in [3.05, 3.63) is 47.0 Å². The number of aliphatic hydroxyl groups is 5. The number of aliphatic hydroxyl groups excluding tert-OH is 5. The number of hydrogen-bond acceptors (Lipinski definition) is 10. The Kier molecular flexibility index (Phi) is 9.99. The van der Waals surface area contributed by atoms with E-state index in [-0.39, 0.29) is 12.8 Å². The molecule has 5 unspecified atom stereocenters. The van der Waals surface area contributed by atoms with E-state index in [1.165, 1.54) is 0 Å². The molecule has 3 aliphatic heterocycles. The average Bonchev–Trinajstić information content (AvgIpc) is 2.95. The molecule has 8 atom stereocenters. The Hall–Kier alpha value is -2.28. The fourth-order valence-corrected chi connectivity index (χ4v) is 6.31. The van der Waals surface area contributed by atoms with Gasteiger partial charge in [0.05, 0.1) is 31.0 Å². The summed E-state index contributed by atoms with van der Waals surface area (Å²) in [6.07, 6.45) is -4.31. The first-order valence-electron chi connectivity index (χ1n) is 15.4. The third-order valence-electron chi connectivity index (χ3n) is 8.62. The van der Waals surface area contributed by atoms with Crippen molar-refractivity contribution in [1.82, 2.24) is 0 Å².